The monoisotopic (exact) mass is 465 g/mol. The van der Waals surface area contributed by atoms with Crippen LogP contribution in [0.3, 0.4) is 0 Å². The zero-order valence-electron chi connectivity index (χ0n) is 20.5. The molecule has 1 N–H and O–H groups in total. The molecular formula is C28H35NO5. The van der Waals surface area contributed by atoms with Crippen molar-refractivity contribution in [2.45, 2.75) is 26.0 Å². The number of hydrogen-bond donors (Lipinski definition) is 1. The van der Waals surface area contributed by atoms with Crippen molar-refractivity contribution in [2.24, 2.45) is 0 Å². The highest BCUT2D eigenvalue weighted by Crippen LogP contribution is 2.28. The molecule has 0 heterocycles. The molecular weight excluding hydrogens is 430 g/mol. The Balaban J connectivity index is 1.66. The number of aliphatic hydroxyl groups is 1. The summed E-state index contributed by atoms with van der Waals surface area (Å²) in [6.07, 6.45) is 0.173. The Kier molecular flexibility index (Phi) is 9.62. The van der Waals surface area contributed by atoms with Gasteiger partial charge < -0.3 is 24.1 Å². The fourth-order valence-electron chi connectivity index (χ4n) is 3.84. The fourth-order valence-corrected chi connectivity index (χ4v) is 3.84. The lowest BCUT2D eigenvalue weighted by atomic mass is 10.1. The van der Waals surface area contributed by atoms with Crippen molar-refractivity contribution in [3.8, 4) is 23.0 Å². The lowest BCUT2D eigenvalue weighted by Crippen LogP contribution is -2.36. The third kappa shape index (κ3) is 7.68. The van der Waals surface area contributed by atoms with Gasteiger partial charge in [-0.25, -0.2) is 0 Å². The maximum absolute atomic E-state index is 10.7. The van der Waals surface area contributed by atoms with E-state index in [1.807, 2.05) is 67.6 Å². The molecule has 6 heteroatoms. The maximum Gasteiger partial charge on any atom is 0.160 e. The second-order valence-electron chi connectivity index (χ2n) is 8.31. The number of nitrogens with zero attached hydrogens (tertiary/aromatic N) is 1. The SMILES string of the molecule is COc1cccc(CN(CCc2ccc(OC)c(OC)c2)CC(O)COc2cccc(C)c2)c1. The summed E-state index contributed by atoms with van der Waals surface area (Å²) in [7, 11) is 4.94. The van der Waals surface area contributed by atoms with Gasteiger partial charge in [-0.1, -0.05) is 30.3 Å². The summed E-state index contributed by atoms with van der Waals surface area (Å²) >= 11 is 0. The van der Waals surface area contributed by atoms with Crippen LogP contribution in [0.1, 0.15) is 16.7 Å². The van der Waals surface area contributed by atoms with Gasteiger partial charge in [0.25, 0.3) is 0 Å². The first kappa shape index (κ1) is 25.4. The number of benzene rings is 3. The van der Waals surface area contributed by atoms with E-state index in [2.05, 4.69) is 11.0 Å². The van der Waals surface area contributed by atoms with Crippen LogP contribution in [0.5, 0.6) is 23.0 Å². The Morgan fingerprint density at radius 3 is 2.29 bits per heavy atom. The van der Waals surface area contributed by atoms with E-state index in [-0.39, 0.29) is 6.61 Å². The lowest BCUT2D eigenvalue weighted by molar-refractivity contribution is 0.0659. The molecule has 34 heavy (non-hydrogen) atoms. The molecule has 1 atom stereocenters. The van der Waals surface area contributed by atoms with Crippen molar-refractivity contribution >= 4 is 0 Å². The highest BCUT2D eigenvalue weighted by atomic mass is 16.5. The summed E-state index contributed by atoms with van der Waals surface area (Å²) < 4.78 is 22.0. The second kappa shape index (κ2) is 12.9. The van der Waals surface area contributed by atoms with E-state index in [4.69, 9.17) is 18.9 Å². The number of methoxy groups -OCH3 is 3. The Hall–Kier alpha value is -3.22. The largest absolute Gasteiger partial charge is 0.497 e. The van der Waals surface area contributed by atoms with Crippen molar-refractivity contribution in [1.82, 2.24) is 4.90 Å². The maximum atomic E-state index is 10.7. The molecule has 0 spiro atoms. The van der Waals surface area contributed by atoms with E-state index in [9.17, 15) is 5.11 Å². The molecule has 0 aliphatic rings. The van der Waals surface area contributed by atoms with Crippen LogP contribution in [-0.2, 0) is 13.0 Å². The summed E-state index contributed by atoms with van der Waals surface area (Å²) in [4.78, 5) is 2.23. The van der Waals surface area contributed by atoms with Gasteiger partial charge >= 0.3 is 0 Å². The molecule has 0 aliphatic heterocycles. The summed E-state index contributed by atoms with van der Waals surface area (Å²) in [6.45, 7) is 4.18. The third-order valence-corrected chi connectivity index (χ3v) is 5.61. The summed E-state index contributed by atoms with van der Waals surface area (Å²) in [6, 6.07) is 21.8. The highest BCUT2D eigenvalue weighted by molar-refractivity contribution is 5.43. The van der Waals surface area contributed by atoms with Crippen molar-refractivity contribution in [3.05, 3.63) is 83.4 Å². The van der Waals surface area contributed by atoms with Crippen molar-refractivity contribution in [2.75, 3.05) is 41.0 Å². The van der Waals surface area contributed by atoms with Gasteiger partial charge in [0.2, 0.25) is 0 Å². The van der Waals surface area contributed by atoms with E-state index in [0.717, 1.165) is 41.2 Å². The molecule has 3 rings (SSSR count). The number of hydrogen-bond acceptors (Lipinski definition) is 6. The van der Waals surface area contributed by atoms with Crippen LogP contribution in [0.15, 0.2) is 66.7 Å². The molecule has 0 aromatic heterocycles. The quantitative estimate of drug-likeness (QED) is 0.401. The van der Waals surface area contributed by atoms with Crippen LogP contribution < -0.4 is 18.9 Å². The number of aliphatic hydroxyl groups excluding tert-OH is 1. The molecule has 0 aliphatic carbocycles. The number of ether oxygens (including phenoxy) is 4. The topological polar surface area (TPSA) is 60.4 Å². The van der Waals surface area contributed by atoms with Gasteiger partial charge in [-0.2, -0.15) is 0 Å². The first-order valence-electron chi connectivity index (χ1n) is 11.4. The van der Waals surface area contributed by atoms with E-state index >= 15 is 0 Å². The predicted molar refractivity (Wildman–Crippen MR) is 134 cm³/mol. The molecule has 3 aromatic carbocycles. The molecule has 0 saturated carbocycles. The zero-order chi connectivity index (χ0) is 24.3. The van der Waals surface area contributed by atoms with Crippen molar-refractivity contribution in [1.29, 1.82) is 0 Å². The van der Waals surface area contributed by atoms with E-state index in [1.165, 1.54) is 0 Å². The molecule has 0 saturated heterocycles. The summed E-state index contributed by atoms with van der Waals surface area (Å²) in [5.41, 5.74) is 3.39. The minimum absolute atomic E-state index is 0.231. The molecule has 182 valence electrons. The van der Waals surface area contributed by atoms with Gasteiger partial charge in [0, 0.05) is 19.6 Å². The van der Waals surface area contributed by atoms with E-state index in [0.29, 0.717) is 24.6 Å². The molecule has 0 radical (unpaired) electrons. The fraction of sp³-hybridized carbons (Fsp3) is 0.357. The molecule has 3 aromatic rings. The van der Waals surface area contributed by atoms with Gasteiger partial charge in [-0.3, -0.25) is 4.90 Å². The van der Waals surface area contributed by atoms with Gasteiger partial charge in [0.15, 0.2) is 11.5 Å². The summed E-state index contributed by atoms with van der Waals surface area (Å²) in [5.74, 6) is 3.01. The van der Waals surface area contributed by atoms with E-state index in [1.54, 1.807) is 21.3 Å². The highest BCUT2D eigenvalue weighted by Gasteiger charge is 2.15. The predicted octanol–water partition coefficient (Wildman–Crippen LogP) is 4.51. The zero-order valence-corrected chi connectivity index (χ0v) is 20.5. The standard InChI is InChI=1S/C28H35NO5/c1-21-7-5-10-26(15-21)34-20-24(30)19-29(18-23-8-6-9-25(16-23)31-2)14-13-22-11-12-27(32-3)28(17-22)33-4/h5-12,15-17,24,30H,13-14,18-20H2,1-4H3. The number of aryl methyl sites for hydroxylation is 1. The molecule has 0 fully saturated rings. The Labute approximate surface area is 202 Å². The van der Waals surface area contributed by atoms with Crippen molar-refractivity contribution in [3.63, 3.8) is 0 Å². The van der Waals surface area contributed by atoms with Gasteiger partial charge in [-0.05, 0) is 66.4 Å². The number of rotatable bonds is 13. The average molecular weight is 466 g/mol. The van der Waals surface area contributed by atoms with Gasteiger partial charge in [0.1, 0.15) is 24.2 Å². The normalized spacial score (nSPS) is 11.8. The third-order valence-electron chi connectivity index (χ3n) is 5.61. The Morgan fingerprint density at radius 2 is 1.56 bits per heavy atom. The van der Waals surface area contributed by atoms with Crippen LogP contribution in [0, 0.1) is 6.92 Å². The molecule has 1 unspecified atom stereocenters. The Bertz CT molecular complexity index is 1040. The van der Waals surface area contributed by atoms with Crippen LogP contribution >= 0.6 is 0 Å². The van der Waals surface area contributed by atoms with Crippen molar-refractivity contribution < 1.29 is 24.1 Å². The minimum atomic E-state index is -0.628. The van der Waals surface area contributed by atoms with Gasteiger partial charge in [0.05, 0.1) is 21.3 Å². The molecule has 0 amide bonds. The average Bonchev–Trinajstić information content (AvgIpc) is 2.86. The summed E-state index contributed by atoms with van der Waals surface area (Å²) in [5, 5.41) is 10.7. The Morgan fingerprint density at radius 1 is 0.794 bits per heavy atom. The van der Waals surface area contributed by atoms with Crippen LogP contribution in [-0.4, -0.2) is 57.1 Å². The van der Waals surface area contributed by atoms with E-state index < -0.39 is 6.10 Å². The van der Waals surface area contributed by atoms with Crippen LogP contribution in [0.25, 0.3) is 0 Å². The first-order valence-corrected chi connectivity index (χ1v) is 11.4. The van der Waals surface area contributed by atoms with Crippen LogP contribution in [0.4, 0.5) is 0 Å². The smallest absolute Gasteiger partial charge is 0.160 e. The molecule has 0 bridgehead atoms. The second-order valence-corrected chi connectivity index (χ2v) is 8.31. The minimum Gasteiger partial charge on any atom is -0.497 e. The van der Waals surface area contributed by atoms with Crippen LogP contribution in [0.2, 0.25) is 0 Å². The van der Waals surface area contributed by atoms with Gasteiger partial charge in [-0.15, -0.1) is 0 Å². The first-order chi connectivity index (χ1) is 16.5. The molecule has 6 nitrogen and oxygen atoms in total. The lowest BCUT2D eigenvalue weighted by Gasteiger charge is -2.26.